The van der Waals surface area contributed by atoms with Gasteiger partial charge in [0.25, 0.3) is 5.91 Å². The van der Waals surface area contributed by atoms with Gasteiger partial charge >= 0.3 is 0 Å². The highest BCUT2D eigenvalue weighted by atomic mass is 35.5. The van der Waals surface area contributed by atoms with Gasteiger partial charge in [-0.3, -0.25) is 4.79 Å². The van der Waals surface area contributed by atoms with Crippen LogP contribution in [0, 0.1) is 5.92 Å². The fraction of sp³-hybridized carbons (Fsp3) is 0.278. The van der Waals surface area contributed by atoms with E-state index in [4.69, 9.17) is 16.3 Å². The molecule has 0 aliphatic carbocycles. The molecule has 5 nitrogen and oxygen atoms in total. The first kappa shape index (κ1) is 19.3. The van der Waals surface area contributed by atoms with Crippen LogP contribution in [0.15, 0.2) is 47.4 Å². The first-order valence-electron chi connectivity index (χ1n) is 7.71. The zero-order chi connectivity index (χ0) is 18.6. The molecule has 0 atom stereocenters. The molecule has 134 valence electrons. The van der Waals surface area contributed by atoms with E-state index in [9.17, 15) is 13.2 Å². The zero-order valence-electron chi connectivity index (χ0n) is 14.2. The van der Waals surface area contributed by atoms with Gasteiger partial charge < -0.3 is 10.1 Å². The van der Waals surface area contributed by atoms with Crippen molar-refractivity contribution >= 4 is 33.0 Å². The largest absolute Gasteiger partial charge is 0.492 e. The van der Waals surface area contributed by atoms with Gasteiger partial charge in [-0.05, 0) is 36.2 Å². The van der Waals surface area contributed by atoms with E-state index in [-0.39, 0.29) is 10.5 Å². The summed E-state index contributed by atoms with van der Waals surface area (Å²) >= 11 is 6.17. The molecule has 2 aromatic carbocycles. The standard InChI is InChI=1S/C18H20ClNO4S/c1-12(2)11-24-16-9-8-13(10-15(16)19)20-18(21)14-6-4-5-7-17(14)25(3,22)23/h4-10,12H,11H2,1-3H3,(H,20,21). The Labute approximate surface area is 152 Å². The quantitative estimate of drug-likeness (QED) is 0.819. The molecule has 2 rings (SSSR count). The number of rotatable bonds is 6. The number of ether oxygens (including phenoxy) is 1. The second kappa shape index (κ2) is 7.89. The van der Waals surface area contributed by atoms with Crippen LogP contribution in [0.2, 0.25) is 5.02 Å². The van der Waals surface area contributed by atoms with Crippen molar-refractivity contribution in [3.05, 3.63) is 53.1 Å². The average molecular weight is 382 g/mol. The van der Waals surface area contributed by atoms with Gasteiger partial charge in [0, 0.05) is 11.9 Å². The molecule has 2 aromatic rings. The number of benzene rings is 2. The van der Waals surface area contributed by atoms with Gasteiger partial charge in [-0.2, -0.15) is 0 Å². The van der Waals surface area contributed by atoms with E-state index in [1.54, 1.807) is 30.3 Å². The van der Waals surface area contributed by atoms with Crippen molar-refractivity contribution in [1.29, 1.82) is 0 Å². The van der Waals surface area contributed by atoms with Gasteiger partial charge in [0.2, 0.25) is 0 Å². The number of halogens is 1. The maximum Gasteiger partial charge on any atom is 0.256 e. The van der Waals surface area contributed by atoms with Crippen LogP contribution in [0.5, 0.6) is 5.75 Å². The number of carbonyl (C=O) groups is 1. The molecule has 0 fully saturated rings. The third kappa shape index (κ3) is 5.21. The summed E-state index contributed by atoms with van der Waals surface area (Å²) in [5.41, 5.74) is 0.538. The van der Waals surface area contributed by atoms with E-state index in [0.29, 0.717) is 29.0 Å². The second-order valence-electron chi connectivity index (χ2n) is 6.07. The molecular formula is C18H20ClNO4S. The van der Waals surface area contributed by atoms with Crippen molar-refractivity contribution in [1.82, 2.24) is 0 Å². The molecule has 0 saturated heterocycles. The molecule has 0 bridgehead atoms. The molecule has 7 heteroatoms. The summed E-state index contributed by atoms with van der Waals surface area (Å²) in [7, 11) is -3.51. The number of nitrogens with one attached hydrogen (secondary N) is 1. The molecule has 0 unspecified atom stereocenters. The molecule has 0 aliphatic rings. The van der Waals surface area contributed by atoms with E-state index in [0.717, 1.165) is 6.26 Å². The number of amides is 1. The molecule has 0 aromatic heterocycles. The van der Waals surface area contributed by atoms with Crippen LogP contribution in [-0.2, 0) is 9.84 Å². The van der Waals surface area contributed by atoms with Crippen LogP contribution in [0.4, 0.5) is 5.69 Å². The summed E-state index contributed by atoms with van der Waals surface area (Å²) in [4.78, 5) is 12.4. The van der Waals surface area contributed by atoms with E-state index < -0.39 is 15.7 Å². The monoisotopic (exact) mass is 381 g/mol. The molecule has 0 heterocycles. The minimum absolute atomic E-state index is 0.0181. The van der Waals surface area contributed by atoms with Crippen LogP contribution in [0.3, 0.4) is 0 Å². The summed E-state index contributed by atoms with van der Waals surface area (Å²) in [6, 6.07) is 10.9. The number of hydrogen-bond acceptors (Lipinski definition) is 4. The Bertz CT molecular complexity index is 878. The first-order chi connectivity index (χ1) is 11.7. The molecule has 1 N–H and O–H groups in total. The Balaban J connectivity index is 2.21. The summed E-state index contributed by atoms with van der Waals surface area (Å²) in [5.74, 6) is 0.376. The number of hydrogen-bond donors (Lipinski definition) is 1. The zero-order valence-corrected chi connectivity index (χ0v) is 15.8. The smallest absolute Gasteiger partial charge is 0.256 e. The van der Waals surface area contributed by atoms with Crippen LogP contribution in [-0.4, -0.2) is 27.2 Å². The van der Waals surface area contributed by atoms with Gasteiger partial charge in [-0.1, -0.05) is 37.6 Å². The molecule has 1 amide bonds. The van der Waals surface area contributed by atoms with Crippen LogP contribution >= 0.6 is 11.6 Å². The second-order valence-corrected chi connectivity index (χ2v) is 8.46. The van der Waals surface area contributed by atoms with Gasteiger partial charge in [-0.15, -0.1) is 0 Å². The van der Waals surface area contributed by atoms with Crippen molar-refractivity contribution in [2.75, 3.05) is 18.2 Å². The SMILES string of the molecule is CC(C)COc1ccc(NC(=O)c2ccccc2S(C)(=O)=O)cc1Cl. The van der Waals surface area contributed by atoms with E-state index in [2.05, 4.69) is 5.32 Å². The predicted octanol–water partition coefficient (Wildman–Crippen LogP) is 4.03. The van der Waals surface area contributed by atoms with Crippen molar-refractivity contribution in [2.45, 2.75) is 18.7 Å². The Morgan fingerprint density at radius 3 is 2.48 bits per heavy atom. The maximum absolute atomic E-state index is 12.4. The van der Waals surface area contributed by atoms with Crippen LogP contribution in [0.25, 0.3) is 0 Å². The molecule has 0 aliphatic heterocycles. The summed E-state index contributed by atoms with van der Waals surface area (Å²) in [6.07, 6.45) is 1.07. The Morgan fingerprint density at radius 2 is 1.88 bits per heavy atom. The number of anilines is 1. The third-order valence-electron chi connectivity index (χ3n) is 3.29. The van der Waals surface area contributed by atoms with Crippen molar-refractivity contribution in [2.24, 2.45) is 5.92 Å². The summed E-state index contributed by atoms with van der Waals surface area (Å²) in [6.45, 7) is 4.59. The Morgan fingerprint density at radius 1 is 1.20 bits per heavy atom. The van der Waals surface area contributed by atoms with Crippen molar-refractivity contribution in [3.8, 4) is 5.75 Å². The lowest BCUT2D eigenvalue weighted by atomic mass is 10.2. The lowest BCUT2D eigenvalue weighted by molar-refractivity contribution is 0.102. The molecule has 0 radical (unpaired) electrons. The lowest BCUT2D eigenvalue weighted by Gasteiger charge is -2.12. The third-order valence-corrected chi connectivity index (χ3v) is 4.74. The van der Waals surface area contributed by atoms with Gasteiger partial charge in [0.05, 0.1) is 22.1 Å². The number of sulfone groups is 1. The van der Waals surface area contributed by atoms with Crippen molar-refractivity contribution in [3.63, 3.8) is 0 Å². The highest BCUT2D eigenvalue weighted by Crippen LogP contribution is 2.28. The summed E-state index contributed by atoms with van der Waals surface area (Å²) in [5, 5.41) is 3.03. The summed E-state index contributed by atoms with van der Waals surface area (Å²) < 4.78 is 29.2. The molecular weight excluding hydrogens is 362 g/mol. The highest BCUT2D eigenvalue weighted by molar-refractivity contribution is 7.90. The fourth-order valence-electron chi connectivity index (χ4n) is 2.13. The minimum atomic E-state index is -3.51. The Hall–Kier alpha value is -2.05. The van der Waals surface area contributed by atoms with Crippen LogP contribution < -0.4 is 10.1 Å². The van der Waals surface area contributed by atoms with Crippen molar-refractivity contribution < 1.29 is 17.9 Å². The topological polar surface area (TPSA) is 72.5 Å². The van der Waals surface area contributed by atoms with Gasteiger partial charge in [0.1, 0.15) is 5.75 Å². The van der Waals surface area contributed by atoms with E-state index in [1.165, 1.54) is 12.1 Å². The molecule has 0 saturated carbocycles. The van der Waals surface area contributed by atoms with E-state index >= 15 is 0 Å². The average Bonchev–Trinajstić information content (AvgIpc) is 2.53. The van der Waals surface area contributed by atoms with Crippen LogP contribution in [0.1, 0.15) is 24.2 Å². The maximum atomic E-state index is 12.4. The minimum Gasteiger partial charge on any atom is -0.492 e. The molecule has 25 heavy (non-hydrogen) atoms. The molecule has 0 spiro atoms. The Kier molecular flexibility index (Phi) is 6.08. The predicted molar refractivity (Wildman–Crippen MR) is 99.3 cm³/mol. The first-order valence-corrected chi connectivity index (χ1v) is 9.98. The fourth-order valence-corrected chi connectivity index (χ4v) is 3.25. The van der Waals surface area contributed by atoms with Gasteiger partial charge in [-0.25, -0.2) is 8.42 Å². The lowest BCUT2D eigenvalue weighted by Crippen LogP contribution is -2.16. The van der Waals surface area contributed by atoms with E-state index in [1.807, 2.05) is 13.8 Å². The normalized spacial score (nSPS) is 11.4. The van der Waals surface area contributed by atoms with Gasteiger partial charge in [0.15, 0.2) is 9.84 Å². The highest BCUT2D eigenvalue weighted by Gasteiger charge is 2.18. The number of carbonyl (C=O) groups excluding carboxylic acids is 1.